The van der Waals surface area contributed by atoms with Gasteiger partial charge in [0.2, 0.25) is 0 Å². The van der Waals surface area contributed by atoms with Gasteiger partial charge in [0, 0.05) is 23.5 Å². The number of rotatable bonds is 1. The van der Waals surface area contributed by atoms with Crippen LogP contribution in [-0.2, 0) is 11.2 Å². The molecule has 1 N–H and O–H groups in total. The summed E-state index contributed by atoms with van der Waals surface area (Å²) in [4.78, 5) is 12.3. The molecule has 1 aromatic rings. The molecule has 4 atom stereocenters. The van der Waals surface area contributed by atoms with Gasteiger partial charge in [0.05, 0.1) is 7.11 Å². The molecule has 3 nitrogen and oxygen atoms in total. The standard InChI is InChI=1S/C19H24O3/c1-19-8-7-14-13(15(19)5-6-17(19)21)4-3-11-9-12(22-2)10-16(20)18(11)14/h9-10,13-15,20H,3-8H2,1-2H3/t13-,14+,15+,19+/m1/s1. The minimum atomic E-state index is -0.0965. The van der Waals surface area contributed by atoms with Gasteiger partial charge in [-0.05, 0) is 61.5 Å². The van der Waals surface area contributed by atoms with E-state index in [2.05, 4.69) is 13.0 Å². The van der Waals surface area contributed by atoms with E-state index in [4.69, 9.17) is 4.74 Å². The Bertz CT molecular complexity index is 636. The van der Waals surface area contributed by atoms with Gasteiger partial charge >= 0.3 is 0 Å². The van der Waals surface area contributed by atoms with Gasteiger partial charge in [0.1, 0.15) is 17.3 Å². The molecule has 22 heavy (non-hydrogen) atoms. The highest BCUT2D eigenvalue weighted by Crippen LogP contribution is 2.60. The maximum absolute atomic E-state index is 12.3. The number of hydrogen-bond donors (Lipinski definition) is 1. The Labute approximate surface area is 131 Å². The number of methoxy groups -OCH3 is 1. The topological polar surface area (TPSA) is 46.5 Å². The molecule has 0 amide bonds. The van der Waals surface area contributed by atoms with E-state index in [1.54, 1.807) is 13.2 Å². The van der Waals surface area contributed by atoms with E-state index < -0.39 is 0 Å². The summed E-state index contributed by atoms with van der Waals surface area (Å²) in [5, 5.41) is 10.5. The lowest BCUT2D eigenvalue weighted by Crippen LogP contribution is -2.42. The minimum absolute atomic E-state index is 0.0965. The number of ketones is 1. The van der Waals surface area contributed by atoms with Crippen LogP contribution >= 0.6 is 0 Å². The Kier molecular flexibility index (Phi) is 3.04. The van der Waals surface area contributed by atoms with Gasteiger partial charge in [-0.2, -0.15) is 0 Å². The lowest BCUT2D eigenvalue weighted by atomic mass is 9.55. The molecule has 118 valence electrons. The smallest absolute Gasteiger partial charge is 0.139 e. The van der Waals surface area contributed by atoms with Crippen LogP contribution in [0.3, 0.4) is 0 Å². The summed E-state index contributed by atoms with van der Waals surface area (Å²) in [5.74, 6) is 3.08. The van der Waals surface area contributed by atoms with Crippen LogP contribution in [0, 0.1) is 17.3 Å². The van der Waals surface area contributed by atoms with Gasteiger partial charge in [-0.25, -0.2) is 0 Å². The van der Waals surface area contributed by atoms with Crippen molar-refractivity contribution in [2.45, 2.75) is 51.4 Å². The fourth-order valence-corrected chi connectivity index (χ4v) is 5.56. The number of ether oxygens (including phenoxy) is 1. The van der Waals surface area contributed by atoms with Gasteiger partial charge in [0.15, 0.2) is 0 Å². The first-order chi connectivity index (χ1) is 10.5. The van der Waals surface area contributed by atoms with Gasteiger partial charge in [-0.3, -0.25) is 4.79 Å². The third-order valence-corrected chi connectivity index (χ3v) is 6.72. The summed E-state index contributed by atoms with van der Waals surface area (Å²) in [5.41, 5.74) is 2.28. The van der Waals surface area contributed by atoms with Crippen molar-refractivity contribution in [1.82, 2.24) is 0 Å². The predicted octanol–water partition coefficient (Wildman–Crippen LogP) is 3.83. The van der Waals surface area contributed by atoms with Crippen LogP contribution in [0.15, 0.2) is 12.1 Å². The Morgan fingerprint density at radius 1 is 1.23 bits per heavy atom. The normalized spacial score (nSPS) is 36.5. The molecule has 4 rings (SSSR count). The fraction of sp³-hybridized carbons (Fsp3) is 0.632. The quantitative estimate of drug-likeness (QED) is 0.857. The summed E-state index contributed by atoms with van der Waals surface area (Å²) >= 11 is 0. The van der Waals surface area contributed by atoms with E-state index in [9.17, 15) is 9.90 Å². The van der Waals surface area contributed by atoms with Crippen molar-refractivity contribution in [3.8, 4) is 11.5 Å². The molecule has 0 aromatic heterocycles. The monoisotopic (exact) mass is 300 g/mol. The highest BCUT2D eigenvalue weighted by atomic mass is 16.5. The molecule has 3 aliphatic carbocycles. The van der Waals surface area contributed by atoms with Crippen molar-refractivity contribution in [1.29, 1.82) is 0 Å². The van der Waals surface area contributed by atoms with Crippen LogP contribution in [0.25, 0.3) is 0 Å². The summed E-state index contributed by atoms with van der Waals surface area (Å²) < 4.78 is 5.29. The zero-order valence-electron chi connectivity index (χ0n) is 13.4. The average Bonchev–Trinajstić information content (AvgIpc) is 2.82. The van der Waals surface area contributed by atoms with E-state index in [1.165, 1.54) is 5.56 Å². The number of aromatic hydroxyl groups is 1. The van der Waals surface area contributed by atoms with Crippen LogP contribution in [0.2, 0.25) is 0 Å². The van der Waals surface area contributed by atoms with Crippen molar-refractivity contribution in [2.24, 2.45) is 17.3 Å². The summed E-state index contributed by atoms with van der Waals surface area (Å²) in [6.07, 6.45) is 5.92. The molecule has 3 heteroatoms. The van der Waals surface area contributed by atoms with E-state index in [0.717, 1.165) is 49.8 Å². The molecule has 1 aromatic carbocycles. The van der Waals surface area contributed by atoms with Crippen molar-refractivity contribution >= 4 is 5.78 Å². The van der Waals surface area contributed by atoms with Crippen LogP contribution in [0.5, 0.6) is 11.5 Å². The first-order valence-corrected chi connectivity index (χ1v) is 8.47. The number of fused-ring (bicyclic) bond motifs is 5. The average molecular weight is 300 g/mol. The Morgan fingerprint density at radius 2 is 2.05 bits per heavy atom. The number of phenolic OH excluding ortho intramolecular Hbond substituents is 1. The molecule has 2 fully saturated rings. The van der Waals surface area contributed by atoms with Crippen LogP contribution < -0.4 is 4.74 Å². The summed E-state index contributed by atoms with van der Waals surface area (Å²) in [6.45, 7) is 2.19. The second-order valence-corrected chi connectivity index (χ2v) is 7.55. The first kappa shape index (κ1) is 14.1. The number of carbonyl (C=O) groups excluding carboxylic acids is 1. The maximum Gasteiger partial charge on any atom is 0.139 e. The highest BCUT2D eigenvalue weighted by Gasteiger charge is 2.54. The summed E-state index contributed by atoms with van der Waals surface area (Å²) in [6, 6.07) is 3.83. The number of Topliss-reactive ketones (excluding diaryl/α,β-unsaturated/α-hetero) is 1. The van der Waals surface area contributed by atoms with E-state index in [-0.39, 0.29) is 5.41 Å². The second-order valence-electron chi connectivity index (χ2n) is 7.55. The lowest BCUT2D eigenvalue weighted by Gasteiger charge is -2.48. The number of benzene rings is 1. The largest absolute Gasteiger partial charge is 0.508 e. The Balaban J connectivity index is 1.75. The predicted molar refractivity (Wildman–Crippen MR) is 84.3 cm³/mol. The SMILES string of the molecule is COc1cc(O)c2c(c1)CC[C@@H]1[C@@H]2CC[C@]2(C)C(=O)CC[C@@H]12. The molecule has 0 heterocycles. The van der Waals surface area contributed by atoms with Gasteiger partial charge < -0.3 is 9.84 Å². The number of carbonyl (C=O) groups is 1. The Morgan fingerprint density at radius 3 is 2.82 bits per heavy atom. The molecule has 0 spiro atoms. The number of phenols is 1. The molecule has 3 aliphatic rings. The van der Waals surface area contributed by atoms with E-state index in [1.807, 2.05) is 0 Å². The minimum Gasteiger partial charge on any atom is -0.508 e. The highest BCUT2D eigenvalue weighted by molar-refractivity contribution is 5.87. The van der Waals surface area contributed by atoms with Gasteiger partial charge in [0.25, 0.3) is 0 Å². The zero-order valence-corrected chi connectivity index (χ0v) is 13.4. The van der Waals surface area contributed by atoms with Crippen LogP contribution in [0.1, 0.15) is 56.1 Å². The van der Waals surface area contributed by atoms with Crippen molar-refractivity contribution in [2.75, 3.05) is 7.11 Å². The lowest BCUT2D eigenvalue weighted by molar-refractivity contribution is -0.129. The van der Waals surface area contributed by atoms with E-state index in [0.29, 0.717) is 29.3 Å². The zero-order chi connectivity index (χ0) is 15.5. The third kappa shape index (κ3) is 1.77. The molecule has 2 saturated carbocycles. The molecule has 0 saturated heterocycles. The molecule has 0 radical (unpaired) electrons. The first-order valence-electron chi connectivity index (χ1n) is 8.47. The molecule has 0 bridgehead atoms. The van der Waals surface area contributed by atoms with Gasteiger partial charge in [-0.15, -0.1) is 0 Å². The van der Waals surface area contributed by atoms with Gasteiger partial charge in [-0.1, -0.05) is 6.92 Å². The molecule has 0 unspecified atom stereocenters. The fourth-order valence-electron chi connectivity index (χ4n) is 5.56. The molecular formula is C19H24O3. The summed E-state index contributed by atoms with van der Waals surface area (Å²) in [7, 11) is 1.64. The number of aryl methyl sites for hydroxylation is 1. The van der Waals surface area contributed by atoms with E-state index >= 15 is 0 Å². The second kappa shape index (κ2) is 4.74. The number of hydrogen-bond acceptors (Lipinski definition) is 3. The van der Waals surface area contributed by atoms with Crippen molar-refractivity contribution in [3.05, 3.63) is 23.3 Å². The maximum atomic E-state index is 12.3. The van der Waals surface area contributed by atoms with Crippen molar-refractivity contribution in [3.63, 3.8) is 0 Å². The van der Waals surface area contributed by atoms with Crippen LogP contribution in [-0.4, -0.2) is 18.0 Å². The third-order valence-electron chi connectivity index (χ3n) is 6.72. The van der Waals surface area contributed by atoms with Crippen molar-refractivity contribution < 1.29 is 14.6 Å². The van der Waals surface area contributed by atoms with Crippen LogP contribution in [0.4, 0.5) is 0 Å². The molecular weight excluding hydrogens is 276 g/mol. The molecule has 0 aliphatic heterocycles. The Hall–Kier alpha value is -1.51.